The smallest absolute Gasteiger partial charge is 0.426 e. The van der Waals surface area contributed by atoms with E-state index in [4.69, 9.17) is 37.9 Å². The summed E-state index contributed by atoms with van der Waals surface area (Å²) in [7, 11) is 1.17. The molecule has 4 aliphatic heterocycles. The first-order valence-corrected chi connectivity index (χ1v) is 19.6. The second-order valence-electron chi connectivity index (χ2n) is 15.4. The minimum Gasteiger partial charge on any atom is -0.617 e. The van der Waals surface area contributed by atoms with Crippen LogP contribution in [0.25, 0.3) is 0 Å². The number of hydrogen-bond donors (Lipinski definition) is 13. The molecule has 5 amide bonds. The molecule has 13 unspecified atom stereocenters. The van der Waals surface area contributed by atoms with Crippen LogP contribution in [0.15, 0.2) is 0 Å². The van der Waals surface area contributed by atoms with Gasteiger partial charge in [-0.2, -0.15) is 0 Å². The number of nitrogens with zero attached hydrogens (tertiary/aromatic N) is 1. The zero-order valence-corrected chi connectivity index (χ0v) is 34.6. The topological polar surface area (TPSA) is 415 Å². The van der Waals surface area contributed by atoms with E-state index >= 15 is 0 Å². The van der Waals surface area contributed by atoms with E-state index in [1.165, 1.54) is 21.0 Å². The molecule has 4 saturated heterocycles. The van der Waals surface area contributed by atoms with Gasteiger partial charge in [0.1, 0.15) is 79.8 Å². The van der Waals surface area contributed by atoms with Crippen LogP contribution in [-0.2, 0) is 61.9 Å². The quantitative estimate of drug-likeness (QED) is 0.0314. The Balaban J connectivity index is 1.72. The number of aliphatic hydroxyl groups is 9. The van der Waals surface area contributed by atoms with Gasteiger partial charge in [0.2, 0.25) is 17.7 Å². The SMILES string of the molecule is C=[N+]([O-])C(=O)C1O[C@@H](OC2C(NC(C)=O)[C@H](O[C@@H]3C(C(=O)NNC(=O)CC(C)O)O[C@@H](OC4C(NC(C)=O)[C@H](OC)OC(CO)[C@H]4O)C(O)C3O)OC(CO)[C@H]2O)C(O)C(O)[C@@H]1C. The van der Waals surface area contributed by atoms with E-state index < -0.39 is 178 Å². The molecule has 28 heteroatoms. The number of amides is 5. The Hall–Kier alpha value is -3.66. The molecule has 0 aromatic rings. The van der Waals surface area contributed by atoms with Crippen LogP contribution in [0.5, 0.6) is 0 Å². The third-order valence-corrected chi connectivity index (χ3v) is 10.6. The maximum Gasteiger partial charge on any atom is 0.426 e. The van der Waals surface area contributed by atoms with Gasteiger partial charge in [0.05, 0.1) is 31.8 Å². The van der Waals surface area contributed by atoms with Crippen LogP contribution < -0.4 is 21.5 Å². The van der Waals surface area contributed by atoms with Crippen molar-refractivity contribution in [2.45, 2.75) is 157 Å². The van der Waals surface area contributed by atoms with Crippen LogP contribution in [0.1, 0.15) is 34.1 Å². The number of carbonyl (C=O) groups is 5. The Morgan fingerprint density at radius 3 is 1.60 bits per heavy atom. The van der Waals surface area contributed by atoms with Crippen LogP contribution >= 0.6 is 0 Å². The summed E-state index contributed by atoms with van der Waals surface area (Å²) >= 11 is 0. The maximum absolute atomic E-state index is 13.8. The normalized spacial score (nSPS) is 41.1. The van der Waals surface area contributed by atoms with Crippen LogP contribution in [0.2, 0.25) is 0 Å². The van der Waals surface area contributed by atoms with Crippen molar-refractivity contribution in [1.82, 2.24) is 21.5 Å². The van der Waals surface area contributed by atoms with Gasteiger partial charge < -0.3 is 99.7 Å². The van der Waals surface area contributed by atoms with E-state index in [2.05, 4.69) is 17.4 Å². The van der Waals surface area contributed by atoms with Gasteiger partial charge in [-0.25, -0.2) is 4.79 Å². The van der Waals surface area contributed by atoms with Gasteiger partial charge in [-0.3, -0.25) is 30.0 Å². The second-order valence-corrected chi connectivity index (χ2v) is 15.4. The van der Waals surface area contributed by atoms with Crippen molar-refractivity contribution < 1.29 is 113 Å². The number of nitrogens with one attached hydrogen (secondary N) is 4. The molecule has 0 saturated carbocycles. The summed E-state index contributed by atoms with van der Waals surface area (Å²) in [5, 5.41) is 114. The first-order chi connectivity index (χ1) is 29.6. The molecule has 4 heterocycles. The average molecular weight is 916 g/mol. The summed E-state index contributed by atoms with van der Waals surface area (Å²) in [6.45, 7) is 5.78. The fraction of sp³-hybridized carbons (Fsp3) is 0.829. The molecule has 0 aromatic carbocycles. The summed E-state index contributed by atoms with van der Waals surface area (Å²) in [5.41, 5.74) is 4.01. The Morgan fingerprint density at radius 2 is 1.14 bits per heavy atom. The van der Waals surface area contributed by atoms with E-state index in [1.54, 1.807) is 0 Å². The predicted molar refractivity (Wildman–Crippen MR) is 199 cm³/mol. The van der Waals surface area contributed by atoms with E-state index in [0.29, 0.717) is 0 Å². The van der Waals surface area contributed by atoms with Crippen molar-refractivity contribution in [3.8, 4) is 0 Å². The largest absolute Gasteiger partial charge is 0.617 e. The van der Waals surface area contributed by atoms with Gasteiger partial charge >= 0.3 is 5.91 Å². The zero-order valence-electron chi connectivity index (χ0n) is 34.6. The number of methoxy groups -OCH3 is 1. The van der Waals surface area contributed by atoms with Gasteiger partial charge in [-0.1, -0.05) is 6.92 Å². The van der Waals surface area contributed by atoms with Crippen LogP contribution in [0.3, 0.4) is 0 Å². The Labute approximate surface area is 358 Å². The van der Waals surface area contributed by atoms with Gasteiger partial charge in [-0.15, -0.1) is 4.74 Å². The lowest BCUT2D eigenvalue weighted by Crippen LogP contribution is -2.71. The Bertz CT molecular complexity index is 1610. The van der Waals surface area contributed by atoms with Crippen molar-refractivity contribution in [3.63, 3.8) is 0 Å². The first-order valence-electron chi connectivity index (χ1n) is 19.6. The Kier molecular flexibility index (Phi) is 18.6. The number of hydrazine groups is 1. The number of hydrogen-bond acceptors (Lipinski definition) is 23. The summed E-state index contributed by atoms with van der Waals surface area (Å²) in [6, 6.07) is -3.18. The van der Waals surface area contributed by atoms with Crippen molar-refractivity contribution in [2.75, 3.05) is 20.3 Å². The predicted octanol–water partition coefficient (Wildman–Crippen LogP) is -8.86. The second kappa shape index (κ2) is 22.5. The number of hydroxylamine groups is 1. The fourth-order valence-corrected chi connectivity index (χ4v) is 7.39. The number of rotatable bonds is 15. The Morgan fingerprint density at radius 1 is 0.683 bits per heavy atom. The number of carbonyl (C=O) groups excluding carboxylic acids is 5. The van der Waals surface area contributed by atoms with Crippen molar-refractivity contribution in [2.24, 2.45) is 5.92 Å². The summed E-state index contributed by atoms with van der Waals surface area (Å²) in [4.78, 5) is 63.6. The number of aliphatic hydroxyl groups excluding tert-OH is 9. The molecule has 4 aliphatic rings. The monoisotopic (exact) mass is 915 g/mol. The highest BCUT2D eigenvalue weighted by atomic mass is 16.8. The molecule has 0 aliphatic carbocycles. The van der Waals surface area contributed by atoms with Crippen molar-refractivity contribution in [1.29, 1.82) is 0 Å². The zero-order chi connectivity index (χ0) is 47.2. The van der Waals surface area contributed by atoms with Gasteiger partial charge in [0, 0.05) is 26.9 Å². The van der Waals surface area contributed by atoms with Crippen LogP contribution in [0.4, 0.5) is 0 Å². The molecule has 0 bridgehead atoms. The van der Waals surface area contributed by atoms with Crippen LogP contribution in [-0.4, -0.2) is 230 Å². The van der Waals surface area contributed by atoms with Crippen molar-refractivity contribution in [3.05, 3.63) is 5.21 Å². The summed E-state index contributed by atoms with van der Waals surface area (Å²) in [6.07, 6.45) is -34.1. The maximum atomic E-state index is 13.8. The molecule has 21 atom stereocenters. The highest BCUT2D eigenvalue weighted by Gasteiger charge is 2.57. The van der Waals surface area contributed by atoms with Crippen LogP contribution in [0, 0.1) is 11.1 Å². The lowest BCUT2D eigenvalue weighted by Gasteiger charge is -2.50. The lowest BCUT2D eigenvalue weighted by molar-refractivity contribution is -0.399. The van der Waals surface area contributed by atoms with E-state index in [-0.39, 0.29) is 4.74 Å². The molecule has 28 nitrogen and oxygen atoms in total. The highest BCUT2D eigenvalue weighted by Crippen LogP contribution is 2.35. The van der Waals surface area contributed by atoms with E-state index in [1.807, 2.05) is 10.9 Å². The molecule has 4 fully saturated rings. The third kappa shape index (κ3) is 12.2. The lowest BCUT2D eigenvalue weighted by atomic mass is 9.89. The summed E-state index contributed by atoms with van der Waals surface area (Å²) in [5.74, 6) is -6.28. The number of ether oxygens (including phenoxy) is 8. The van der Waals surface area contributed by atoms with Gasteiger partial charge in [0.25, 0.3) is 5.91 Å². The molecular weight excluding hydrogens is 858 g/mol. The highest BCUT2D eigenvalue weighted by molar-refractivity contribution is 5.85. The minimum atomic E-state index is -2.30. The van der Waals surface area contributed by atoms with Gasteiger partial charge in [-0.05, 0) is 6.92 Å². The molecule has 4 rings (SSSR count). The first kappa shape index (κ1) is 52.0. The molecule has 0 spiro atoms. The molecule has 360 valence electrons. The molecule has 13 N–H and O–H groups in total. The molecule has 63 heavy (non-hydrogen) atoms. The molecular formula is C35H57N5O23. The average Bonchev–Trinajstić information content (AvgIpc) is 3.21. The minimum absolute atomic E-state index is 0.334. The molecule has 0 radical (unpaired) electrons. The standard InChI is InChI=1S/C35H57N5O23/c1-10(43)7-16(46)38-39-30(53)29-28(22(50)24(52)35(63-29)60-26-17(36-12(3)44)32(56-6)57-14(8-41)20(26)48)62-33-18(37-13(4)45)27(21(49)15(9-42)58-33)61-34-23(51)19(47)11(2)25(59-34)31(54)40(5)55/h10-11,14-15,17-29,32-35,41-43,47-52H,5,7-9H2,1-4,6H3,(H,36,44)(H,37,45)(H,38,46)(H,39,53)/t10?,11-,14?,15?,17?,18?,19?,20+,21+,22?,23?,24?,25?,26?,27?,28-,29?,32+,33-,34-,35+/m0/s1. The fourth-order valence-electron chi connectivity index (χ4n) is 7.39. The van der Waals surface area contributed by atoms with E-state index in [0.717, 1.165) is 13.8 Å². The third-order valence-electron chi connectivity index (χ3n) is 10.6. The summed E-state index contributed by atoms with van der Waals surface area (Å²) < 4.78 is 45.3. The molecule has 0 aromatic heterocycles. The van der Waals surface area contributed by atoms with Crippen molar-refractivity contribution >= 4 is 36.3 Å². The van der Waals surface area contributed by atoms with Gasteiger partial charge in [0.15, 0.2) is 37.4 Å². The van der Waals surface area contributed by atoms with E-state index in [9.17, 15) is 75.1 Å².